The Morgan fingerprint density at radius 1 is 1.17 bits per heavy atom. The predicted molar refractivity (Wildman–Crippen MR) is 88.7 cm³/mol. The minimum absolute atomic E-state index is 0.0934. The molecule has 1 amide bonds. The normalized spacial score (nSPS) is 11.0. The van der Waals surface area contributed by atoms with Gasteiger partial charge >= 0.3 is 0 Å². The molecule has 5 nitrogen and oxygen atoms in total. The number of methoxy groups -OCH3 is 2. The molecule has 0 aliphatic heterocycles. The van der Waals surface area contributed by atoms with Crippen LogP contribution in [0.2, 0.25) is 0 Å². The zero-order chi connectivity index (χ0) is 16.9. The molecule has 0 saturated carbocycles. The van der Waals surface area contributed by atoms with Gasteiger partial charge in [0.25, 0.3) is 0 Å². The third-order valence-corrected chi connectivity index (χ3v) is 3.60. The molecule has 1 heterocycles. The molecule has 0 unspecified atom stereocenters. The second-order valence-corrected chi connectivity index (χ2v) is 5.74. The monoisotopic (exact) mass is 314 g/mol. The third-order valence-electron chi connectivity index (χ3n) is 3.60. The van der Waals surface area contributed by atoms with Crippen molar-refractivity contribution < 1.29 is 14.3 Å². The average molecular weight is 314 g/mol. The third kappa shape index (κ3) is 4.22. The highest BCUT2D eigenvalue weighted by molar-refractivity contribution is 5.80. The molecular formula is C18H22N2O3. The van der Waals surface area contributed by atoms with Crippen molar-refractivity contribution in [2.75, 3.05) is 14.2 Å². The van der Waals surface area contributed by atoms with Crippen molar-refractivity contribution in [3.05, 3.63) is 53.9 Å². The summed E-state index contributed by atoms with van der Waals surface area (Å²) in [7, 11) is 3.17. The molecule has 0 saturated heterocycles. The van der Waals surface area contributed by atoms with E-state index in [0.717, 1.165) is 11.3 Å². The molecule has 0 atom stereocenters. The largest absolute Gasteiger partial charge is 0.497 e. The van der Waals surface area contributed by atoms with Crippen LogP contribution in [0.25, 0.3) is 0 Å². The Labute approximate surface area is 136 Å². The van der Waals surface area contributed by atoms with E-state index in [1.165, 1.54) is 0 Å². The second-order valence-electron chi connectivity index (χ2n) is 5.74. The SMILES string of the molecule is COc1ccc(CC(=O)NC(C)(C)c2ccccn2)c(OC)c1. The molecule has 1 aromatic heterocycles. The molecule has 0 aliphatic carbocycles. The molecule has 0 aliphatic rings. The van der Waals surface area contributed by atoms with Crippen molar-refractivity contribution in [1.82, 2.24) is 10.3 Å². The summed E-state index contributed by atoms with van der Waals surface area (Å²) in [5, 5.41) is 3.01. The Hall–Kier alpha value is -2.56. The lowest BCUT2D eigenvalue weighted by molar-refractivity contribution is -0.122. The van der Waals surface area contributed by atoms with E-state index in [2.05, 4.69) is 10.3 Å². The number of carbonyl (C=O) groups is 1. The van der Waals surface area contributed by atoms with Crippen LogP contribution in [0.4, 0.5) is 0 Å². The van der Waals surface area contributed by atoms with Gasteiger partial charge in [-0.15, -0.1) is 0 Å². The van der Waals surface area contributed by atoms with E-state index in [4.69, 9.17) is 9.47 Å². The molecule has 122 valence electrons. The Bertz CT molecular complexity index is 669. The van der Waals surface area contributed by atoms with Gasteiger partial charge in [-0.25, -0.2) is 0 Å². The van der Waals surface area contributed by atoms with E-state index in [1.54, 1.807) is 26.5 Å². The van der Waals surface area contributed by atoms with Crippen LogP contribution in [0.3, 0.4) is 0 Å². The summed E-state index contributed by atoms with van der Waals surface area (Å²) in [4.78, 5) is 16.7. The number of aromatic nitrogens is 1. The number of ether oxygens (including phenoxy) is 2. The number of carbonyl (C=O) groups excluding carboxylic acids is 1. The number of hydrogen-bond donors (Lipinski definition) is 1. The maximum atomic E-state index is 12.4. The van der Waals surface area contributed by atoms with Crippen LogP contribution < -0.4 is 14.8 Å². The number of pyridine rings is 1. The summed E-state index contributed by atoms with van der Waals surface area (Å²) in [6.45, 7) is 3.86. The number of hydrogen-bond acceptors (Lipinski definition) is 4. The van der Waals surface area contributed by atoms with Crippen molar-refractivity contribution in [3.8, 4) is 11.5 Å². The Morgan fingerprint density at radius 2 is 1.96 bits per heavy atom. The number of benzene rings is 1. The van der Waals surface area contributed by atoms with Gasteiger partial charge in [-0.05, 0) is 32.0 Å². The lowest BCUT2D eigenvalue weighted by Gasteiger charge is -2.26. The van der Waals surface area contributed by atoms with Gasteiger partial charge in [-0.2, -0.15) is 0 Å². The molecule has 0 radical (unpaired) electrons. The Morgan fingerprint density at radius 3 is 2.57 bits per heavy atom. The summed E-state index contributed by atoms with van der Waals surface area (Å²) in [6.07, 6.45) is 1.94. The van der Waals surface area contributed by atoms with Gasteiger partial charge in [0.05, 0.1) is 31.9 Å². The second kappa shape index (κ2) is 7.13. The Balaban J connectivity index is 2.11. The molecule has 1 N–H and O–H groups in total. The lowest BCUT2D eigenvalue weighted by atomic mass is 9.99. The Kier molecular flexibility index (Phi) is 5.21. The van der Waals surface area contributed by atoms with E-state index in [0.29, 0.717) is 11.5 Å². The van der Waals surface area contributed by atoms with Gasteiger partial charge in [0, 0.05) is 17.8 Å². The summed E-state index contributed by atoms with van der Waals surface area (Å²) in [5.74, 6) is 1.24. The number of rotatable bonds is 6. The standard InChI is InChI=1S/C18H22N2O3/c1-18(2,16-7-5-6-10-19-16)20-17(21)11-13-8-9-14(22-3)12-15(13)23-4/h5-10,12H,11H2,1-4H3,(H,20,21). The maximum absolute atomic E-state index is 12.4. The molecule has 0 fully saturated rings. The fourth-order valence-corrected chi connectivity index (χ4v) is 2.36. The first-order valence-corrected chi connectivity index (χ1v) is 7.39. The minimum atomic E-state index is -0.544. The molecule has 23 heavy (non-hydrogen) atoms. The van der Waals surface area contributed by atoms with Crippen LogP contribution in [-0.4, -0.2) is 25.1 Å². The van der Waals surface area contributed by atoms with Crippen molar-refractivity contribution >= 4 is 5.91 Å². The van der Waals surface area contributed by atoms with Gasteiger partial charge < -0.3 is 14.8 Å². The fraction of sp³-hybridized carbons (Fsp3) is 0.333. The van der Waals surface area contributed by atoms with Crippen LogP contribution in [0.5, 0.6) is 11.5 Å². The van der Waals surface area contributed by atoms with Crippen molar-refractivity contribution in [1.29, 1.82) is 0 Å². The molecule has 0 bridgehead atoms. The first kappa shape index (κ1) is 16.8. The molecule has 5 heteroatoms. The van der Waals surface area contributed by atoms with Crippen LogP contribution in [0.1, 0.15) is 25.1 Å². The van der Waals surface area contributed by atoms with Crippen molar-refractivity contribution in [2.45, 2.75) is 25.8 Å². The van der Waals surface area contributed by atoms with Crippen LogP contribution in [-0.2, 0) is 16.8 Å². The highest BCUT2D eigenvalue weighted by Crippen LogP contribution is 2.25. The van der Waals surface area contributed by atoms with Crippen molar-refractivity contribution in [2.24, 2.45) is 0 Å². The van der Waals surface area contributed by atoms with Gasteiger partial charge in [0.2, 0.25) is 5.91 Å². The quantitative estimate of drug-likeness (QED) is 0.890. The first-order chi connectivity index (χ1) is 11.0. The van der Waals surface area contributed by atoms with E-state index in [-0.39, 0.29) is 12.3 Å². The highest BCUT2D eigenvalue weighted by Gasteiger charge is 2.24. The van der Waals surface area contributed by atoms with E-state index < -0.39 is 5.54 Å². The predicted octanol–water partition coefficient (Wildman–Crippen LogP) is 2.69. The smallest absolute Gasteiger partial charge is 0.225 e. The van der Waals surface area contributed by atoms with Crippen LogP contribution in [0, 0.1) is 0 Å². The number of nitrogens with one attached hydrogen (secondary N) is 1. The topological polar surface area (TPSA) is 60.5 Å². The van der Waals surface area contributed by atoms with E-state index >= 15 is 0 Å². The molecule has 2 rings (SSSR count). The number of nitrogens with zero attached hydrogens (tertiary/aromatic N) is 1. The van der Waals surface area contributed by atoms with Crippen LogP contribution in [0.15, 0.2) is 42.6 Å². The summed E-state index contributed by atoms with van der Waals surface area (Å²) in [6, 6.07) is 11.1. The van der Waals surface area contributed by atoms with E-state index in [1.807, 2.05) is 44.2 Å². The fourth-order valence-electron chi connectivity index (χ4n) is 2.36. The first-order valence-electron chi connectivity index (χ1n) is 7.39. The molecular weight excluding hydrogens is 292 g/mol. The van der Waals surface area contributed by atoms with Gasteiger partial charge in [0.1, 0.15) is 11.5 Å². The molecule has 2 aromatic rings. The average Bonchev–Trinajstić information content (AvgIpc) is 2.55. The molecule has 0 spiro atoms. The summed E-state index contributed by atoms with van der Waals surface area (Å²) < 4.78 is 10.5. The summed E-state index contributed by atoms with van der Waals surface area (Å²) >= 11 is 0. The highest BCUT2D eigenvalue weighted by atomic mass is 16.5. The lowest BCUT2D eigenvalue weighted by Crippen LogP contribution is -2.42. The zero-order valence-electron chi connectivity index (χ0n) is 13.9. The maximum Gasteiger partial charge on any atom is 0.225 e. The number of amides is 1. The summed E-state index contributed by atoms with van der Waals surface area (Å²) in [5.41, 5.74) is 1.08. The molecule has 1 aromatic carbocycles. The zero-order valence-corrected chi connectivity index (χ0v) is 13.9. The van der Waals surface area contributed by atoms with Crippen molar-refractivity contribution in [3.63, 3.8) is 0 Å². The minimum Gasteiger partial charge on any atom is -0.497 e. The van der Waals surface area contributed by atoms with Gasteiger partial charge in [0.15, 0.2) is 0 Å². The van der Waals surface area contributed by atoms with Gasteiger partial charge in [-0.1, -0.05) is 12.1 Å². The van der Waals surface area contributed by atoms with E-state index in [9.17, 15) is 4.79 Å². The van der Waals surface area contributed by atoms with Gasteiger partial charge in [-0.3, -0.25) is 9.78 Å². The van der Waals surface area contributed by atoms with Crippen LogP contribution >= 0.6 is 0 Å².